The summed E-state index contributed by atoms with van der Waals surface area (Å²) in [6.07, 6.45) is -4.30. The smallest absolute Gasteiger partial charge is 0.303 e. The third kappa shape index (κ3) is 8.55. The SMILES string of the molecule is CC(=O)OC[C@@H](OC(C)=O)[C@H](OC(C)=O)[C@@H](OC(C)=O)C1NC2(SC(c3ccccc3)=NN2c2ccccc2)SC1OC(C)=O. The van der Waals surface area contributed by atoms with Crippen LogP contribution in [0.5, 0.6) is 0 Å². The molecule has 15 heteroatoms. The monoisotopic (exact) mass is 659 g/mol. The quantitative estimate of drug-likeness (QED) is 0.277. The maximum absolute atomic E-state index is 12.5. The van der Waals surface area contributed by atoms with Crippen molar-refractivity contribution in [2.75, 3.05) is 11.6 Å². The predicted octanol–water partition coefficient (Wildman–Crippen LogP) is 3.17. The van der Waals surface area contributed by atoms with Crippen molar-refractivity contribution in [2.45, 2.75) is 68.7 Å². The molecule has 2 aliphatic rings. The van der Waals surface area contributed by atoms with Crippen LogP contribution in [0.3, 0.4) is 0 Å². The average Bonchev–Trinajstić information content (AvgIpc) is 3.52. The number of carbonyl (C=O) groups excluding carboxylic acids is 5. The summed E-state index contributed by atoms with van der Waals surface area (Å²) in [5.74, 6) is -3.64. The number of rotatable bonds is 11. The highest BCUT2D eigenvalue weighted by Gasteiger charge is 2.60. The van der Waals surface area contributed by atoms with Crippen LogP contribution >= 0.6 is 23.5 Å². The molecule has 2 aromatic rings. The van der Waals surface area contributed by atoms with E-state index < -0.39 is 70.6 Å². The summed E-state index contributed by atoms with van der Waals surface area (Å²) in [6, 6.07) is 17.7. The minimum absolute atomic E-state index is 0.514. The molecule has 45 heavy (non-hydrogen) atoms. The second-order valence-corrected chi connectivity index (χ2v) is 12.7. The molecule has 1 spiro atoms. The lowest BCUT2D eigenvalue weighted by Gasteiger charge is -2.37. The van der Waals surface area contributed by atoms with Crippen LogP contribution in [0.15, 0.2) is 65.8 Å². The van der Waals surface area contributed by atoms with Gasteiger partial charge in [-0.25, -0.2) is 5.01 Å². The third-order valence-corrected chi connectivity index (χ3v) is 9.19. The number of nitrogens with zero attached hydrogens (tertiary/aromatic N) is 2. The van der Waals surface area contributed by atoms with Gasteiger partial charge in [-0.3, -0.25) is 29.3 Å². The largest absolute Gasteiger partial charge is 0.462 e. The summed E-state index contributed by atoms with van der Waals surface area (Å²) in [5.41, 5.74) is 0.493. The van der Waals surface area contributed by atoms with Crippen molar-refractivity contribution in [3.63, 3.8) is 0 Å². The van der Waals surface area contributed by atoms with E-state index in [1.807, 2.05) is 60.7 Å². The van der Waals surface area contributed by atoms with Crippen LogP contribution in [0, 0.1) is 0 Å². The lowest BCUT2D eigenvalue weighted by molar-refractivity contribution is -0.193. The van der Waals surface area contributed by atoms with Crippen molar-refractivity contribution >= 4 is 64.1 Å². The number of hydrogen-bond acceptors (Lipinski definition) is 15. The number of anilines is 1. The Morgan fingerprint density at radius 3 is 1.98 bits per heavy atom. The van der Waals surface area contributed by atoms with Gasteiger partial charge in [0.15, 0.2) is 23.7 Å². The molecule has 1 fully saturated rings. The Bertz CT molecular complexity index is 1440. The van der Waals surface area contributed by atoms with Gasteiger partial charge in [0.05, 0.1) is 11.7 Å². The minimum atomic E-state index is -1.49. The van der Waals surface area contributed by atoms with Gasteiger partial charge in [-0.1, -0.05) is 60.3 Å². The summed E-state index contributed by atoms with van der Waals surface area (Å²) >= 11 is 2.53. The minimum Gasteiger partial charge on any atom is -0.462 e. The van der Waals surface area contributed by atoms with Crippen LogP contribution in [0.2, 0.25) is 0 Å². The number of nitrogens with one attached hydrogen (secondary N) is 1. The molecule has 0 amide bonds. The Kier molecular flexibility index (Phi) is 11.1. The molecule has 0 aromatic heterocycles. The summed E-state index contributed by atoms with van der Waals surface area (Å²) in [6.45, 7) is 5.28. The van der Waals surface area contributed by atoms with Crippen LogP contribution < -0.4 is 10.3 Å². The molecule has 0 saturated carbocycles. The summed E-state index contributed by atoms with van der Waals surface area (Å²) in [5, 5.41) is 10.7. The van der Waals surface area contributed by atoms with Crippen molar-refractivity contribution in [1.29, 1.82) is 0 Å². The molecule has 4 rings (SSSR count). The Morgan fingerprint density at radius 2 is 1.42 bits per heavy atom. The van der Waals surface area contributed by atoms with E-state index in [4.69, 9.17) is 28.8 Å². The highest BCUT2D eigenvalue weighted by atomic mass is 32.2. The maximum Gasteiger partial charge on any atom is 0.303 e. The molecule has 240 valence electrons. The summed E-state index contributed by atoms with van der Waals surface area (Å²) in [7, 11) is 0. The van der Waals surface area contributed by atoms with Gasteiger partial charge in [0.2, 0.25) is 4.33 Å². The van der Waals surface area contributed by atoms with Crippen molar-refractivity contribution in [3.8, 4) is 0 Å². The van der Waals surface area contributed by atoms with Gasteiger partial charge in [0, 0.05) is 40.2 Å². The second-order valence-electron chi connectivity index (χ2n) is 9.97. The van der Waals surface area contributed by atoms with E-state index in [9.17, 15) is 24.0 Å². The zero-order valence-electron chi connectivity index (χ0n) is 25.2. The molecule has 2 aliphatic heterocycles. The van der Waals surface area contributed by atoms with Crippen LogP contribution in [0.25, 0.3) is 0 Å². The normalized spacial score (nSPS) is 22.5. The zero-order chi connectivity index (χ0) is 32.7. The van der Waals surface area contributed by atoms with Crippen molar-refractivity contribution in [3.05, 3.63) is 66.2 Å². The first-order valence-corrected chi connectivity index (χ1v) is 15.5. The predicted molar refractivity (Wildman–Crippen MR) is 166 cm³/mol. The zero-order valence-corrected chi connectivity index (χ0v) is 26.8. The number of esters is 5. The third-order valence-electron chi connectivity index (χ3n) is 6.34. The number of para-hydroxylation sites is 1. The van der Waals surface area contributed by atoms with Gasteiger partial charge < -0.3 is 23.7 Å². The van der Waals surface area contributed by atoms with Gasteiger partial charge in [0.25, 0.3) is 0 Å². The Morgan fingerprint density at radius 1 is 0.822 bits per heavy atom. The van der Waals surface area contributed by atoms with E-state index in [0.29, 0.717) is 10.7 Å². The number of thioether (sulfide) groups is 2. The fraction of sp³-hybridized carbons (Fsp3) is 0.400. The van der Waals surface area contributed by atoms with E-state index in [0.717, 1.165) is 33.3 Å². The van der Waals surface area contributed by atoms with E-state index in [1.165, 1.54) is 30.4 Å². The van der Waals surface area contributed by atoms with Crippen molar-refractivity contribution < 1.29 is 47.7 Å². The van der Waals surface area contributed by atoms with Gasteiger partial charge >= 0.3 is 29.8 Å². The molecular formula is C30H33N3O10S2. The first-order valence-electron chi connectivity index (χ1n) is 13.8. The highest BCUT2D eigenvalue weighted by molar-refractivity contribution is 8.27. The molecule has 13 nitrogen and oxygen atoms in total. The van der Waals surface area contributed by atoms with Crippen LogP contribution in [0.1, 0.15) is 40.2 Å². The Balaban J connectivity index is 1.82. The molecular weight excluding hydrogens is 626 g/mol. The summed E-state index contributed by atoms with van der Waals surface area (Å²) in [4.78, 5) is 61.1. The van der Waals surface area contributed by atoms with Gasteiger partial charge in [0.1, 0.15) is 11.7 Å². The fourth-order valence-corrected chi connectivity index (χ4v) is 7.84. The molecule has 0 bridgehead atoms. The average molecular weight is 660 g/mol. The van der Waals surface area contributed by atoms with Crippen molar-refractivity contribution in [2.24, 2.45) is 5.10 Å². The van der Waals surface area contributed by atoms with E-state index in [1.54, 1.807) is 5.01 Å². The summed E-state index contributed by atoms with van der Waals surface area (Å²) < 4.78 is 26.5. The first-order chi connectivity index (χ1) is 21.4. The topological polar surface area (TPSA) is 159 Å². The highest BCUT2D eigenvalue weighted by Crippen LogP contribution is 2.54. The standard InChI is InChI=1S/C30H33N3O10S2/c1-17(34)39-16-24(40-18(2)35)26(41-19(3)36)27(42-20(4)37)25-29(43-21(5)38)45-30(31-25)33(23-14-10-7-11-15-23)32-28(44-30)22-12-8-6-9-13-22/h6-15,24-27,29,31H,16H2,1-5H3/t24-,25?,26+,27+,29?,30?/m1/s1. The maximum atomic E-state index is 12.5. The Labute approximate surface area is 268 Å². The first kappa shape index (κ1) is 33.8. The number of benzene rings is 2. The molecule has 6 atom stereocenters. The van der Waals surface area contributed by atoms with Gasteiger partial charge in [-0.15, -0.1) is 0 Å². The fourth-order valence-electron chi connectivity index (χ4n) is 4.74. The number of hydrazone groups is 1. The Hall–Kier alpha value is -4.08. The molecule has 2 heterocycles. The lowest BCUT2D eigenvalue weighted by atomic mass is 10.0. The molecule has 1 saturated heterocycles. The van der Waals surface area contributed by atoms with Gasteiger partial charge in [-0.05, 0) is 23.9 Å². The van der Waals surface area contributed by atoms with Crippen LogP contribution in [-0.2, 0) is 47.7 Å². The number of carbonyl (C=O) groups is 5. The lowest BCUT2D eigenvalue weighted by Crippen LogP contribution is -2.60. The molecule has 3 unspecified atom stereocenters. The number of ether oxygens (including phenoxy) is 5. The number of hydrogen-bond donors (Lipinski definition) is 1. The molecule has 1 N–H and O–H groups in total. The second kappa shape index (κ2) is 14.8. The molecule has 2 aromatic carbocycles. The molecule has 0 radical (unpaired) electrons. The van der Waals surface area contributed by atoms with Gasteiger partial charge in [-0.2, -0.15) is 5.10 Å². The van der Waals surface area contributed by atoms with E-state index >= 15 is 0 Å². The van der Waals surface area contributed by atoms with Crippen molar-refractivity contribution in [1.82, 2.24) is 5.32 Å². The molecule has 0 aliphatic carbocycles. The van der Waals surface area contributed by atoms with Crippen LogP contribution in [-0.4, -0.2) is 75.6 Å². The van der Waals surface area contributed by atoms with E-state index in [-0.39, 0.29) is 0 Å². The van der Waals surface area contributed by atoms with E-state index in [2.05, 4.69) is 5.32 Å². The van der Waals surface area contributed by atoms with Crippen LogP contribution in [0.4, 0.5) is 5.69 Å².